The zero-order valence-electron chi connectivity index (χ0n) is 15.1. The molecule has 0 N–H and O–H groups in total. The fourth-order valence-electron chi connectivity index (χ4n) is 3.80. The van der Waals surface area contributed by atoms with Gasteiger partial charge < -0.3 is 14.7 Å². The lowest BCUT2D eigenvalue weighted by molar-refractivity contribution is -0.117. The molecule has 0 atom stereocenters. The minimum atomic E-state index is -0.00366. The van der Waals surface area contributed by atoms with Crippen LogP contribution in [0.4, 0.5) is 11.4 Å². The Morgan fingerprint density at radius 2 is 1.70 bits per heavy atom. The number of hydrogen-bond donors (Lipinski definition) is 0. The van der Waals surface area contributed by atoms with E-state index < -0.39 is 0 Å². The molecule has 6 heteroatoms. The molecule has 2 aromatic rings. The molecule has 2 saturated heterocycles. The summed E-state index contributed by atoms with van der Waals surface area (Å²) in [6.45, 7) is 3.50. The van der Waals surface area contributed by atoms with Gasteiger partial charge in [0.05, 0.1) is 11.3 Å². The highest BCUT2D eigenvalue weighted by atomic mass is 35.5. The summed E-state index contributed by atoms with van der Waals surface area (Å²) < 4.78 is 0. The molecule has 2 fully saturated rings. The van der Waals surface area contributed by atoms with Crippen molar-refractivity contribution < 1.29 is 9.59 Å². The van der Waals surface area contributed by atoms with Gasteiger partial charge in [-0.2, -0.15) is 0 Å². The van der Waals surface area contributed by atoms with Crippen molar-refractivity contribution >= 4 is 34.8 Å². The molecular weight excluding hydrogens is 362 g/mol. The van der Waals surface area contributed by atoms with Crippen molar-refractivity contribution in [2.75, 3.05) is 42.5 Å². The molecule has 0 radical (unpaired) electrons. The van der Waals surface area contributed by atoms with E-state index >= 15 is 0 Å². The quantitative estimate of drug-likeness (QED) is 0.815. The SMILES string of the molecule is O=C(c1ccccc1N1CCCC1=O)N1CCN(c2cccc(Cl)c2)CC1. The highest BCUT2D eigenvalue weighted by Gasteiger charge is 2.29. The van der Waals surface area contributed by atoms with Crippen LogP contribution in [0.2, 0.25) is 5.02 Å². The van der Waals surface area contributed by atoms with Crippen molar-refractivity contribution in [3.63, 3.8) is 0 Å². The van der Waals surface area contributed by atoms with Crippen molar-refractivity contribution in [3.8, 4) is 0 Å². The number of benzene rings is 2. The van der Waals surface area contributed by atoms with E-state index in [1.807, 2.05) is 53.4 Å². The number of nitrogens with zero attached hydrogens (tertiary/aromatic N) is 3. The molecule has 5 nitrogen and oxygen atoms in total. The van der Waals surface area contributed by atoms with Gasteiger partial charge in [-0.05, 0) is 36.8 Å². The number of carbonyl (C=O) groups is 2. The topological polar surface area (TPSA) is 43.9 Å². The van der Waals surface area contributed by atoms with E-state index in [-0.39, 0.29) is 11.8 Å². The van der Waals surface area contributed by atoms with E-state index in [9.17, 15) is 9.59 Å². The molecule has 2 amide bonds. The number of amides is 2. The van der Waals surface area contributed by atoms with Crippen molar-refractivity contribution in [2.24, 2.45) is 0 Å². The lowest BCUT2D eigenvalue weighted by atomic mass is 10.1. The van der Waals surface area contributed by atoms with Crippen LogP contribution in [0.25, 0.3) is 0 Å². The number of anilines is 2. The van der Waals surface area contributed by atoms with Gasteiger partial charge in [-0.15, -0.1) is 0 Å². The van der Waals surface area contributed by atoms with Gasteiger partial charge in [0.25, 0.3) is 5.91 Å². The third kappa shape index (κ3) is 3.65. The van der Waals surface area contributed by atoms with Crippen LogP contribution in [0.3, 0.4) is 0 Å². The first-order valence-corrected chi connectivity index (χ1v) is 9.70. The third-order valence-corrected chi connectivity index (χ3v) is 5.47. The van der Waals surface area contributed by atoms with E-state index in [1.54, 1.807) is 4.90 Å². The monoisotopic (exact) mass is 383 g/mol. The predicted molar refractivity (Wildman–Crippen MR) is 108 cm³/mol. The average molecular weight is 384 g/mol. The number of rotatable bonds is 3. The number of halogens is 1. The molecule has 2 aliphatic heterocycles. The van der Waals surface area contributed by atoms with Gasteiger partial charge >= 0.3 is 0 Å². The lowest BCUT2D eigenvalue weighted by Crippen LogP contribution is -2.49. The smallest absolute Gasteiger partial charge is 0.256 e. The van der Waals surface area contributed by atoms with E-state index in [4.69, 9.17) is 11.6 Å². The predicted octanol–water partition coefficient (Wildman–Crippen LogP) is 3.43. The Bertz CT molecular complexity index is 862. The fraction of sp³-hybridized carbons (Fsp3) is 0.333. The van der Waals surface area contributed by atoms with Crippen LogP contribution in [-0.4, -0.2) is 49.4 Å². The highest BCUT2D eigenvalue weighted by molar-refractivity contribution is 6.30. The van der Waals surface area contributed by atoms with Gasteiger partial charge in [0.2, 0.25) is 5.91 Å². The zero-order chi connectivity index (χ0) is 18.8. The van der Waals surface area contributed by atoms with Crippen molar-refractivity contribution in [2.45, 2.75) is 12.8 Å². The molecule has 4 rings (SSSR count). The van der Waals surface area contributed by atoms with Crippen LogP contribution >= 0.6 is 11.6 Å². The summed E-state index contributed by atoms with van der Waals surface area (Å²) in [6.07, 6.45) is 1.40. The van der Waals surface area contributed by atoms with Crippen molar-refractivity contribution in [1.82, 2.24) is 4.90 Å². The van der Waals surface area contributed by atoms with E-state index in [0.29, 0.717) is 31.6 Å². The van der Waals surface area contributed by atoms with Crippen LogP contribution in [0.5, 0.6) is 0 Å². The van der Waals surface area contributed by atoms with Crippen LogP contribution < -0.4 is 9.80 Å². The number of hydrogen-bond acceptors (Lipinski definition) is 3. The van der Waals surface area contributed by atoms with Crippen LogP contribution in [0, 0.1) is 0 Å². The second kappa shape index (κ2) is 7.61. The summed E-state index contributed by atoms with van der Waals surface area (Å²) in [5, 5.41) is 0.718. The summed E-state index contributed by atoms with van der Waals surface area (Å²) in [5.41, 5.74) is 2.43. The molecule has 2 heterocycles. The Balaban J connectivity index is 1.48. The molecule has 0 aliphatic carbocycles. The first-order valence-electron chi connectivity index (χ1n) is 9.33. The van der Waals surface area contributed by atoms with Crippen molar-refractivity contribution in [1.29, 1.82) is 0 Å². The molecular formula is C21H22ClN3O2. The maximum absolute atomic E-state index is 13.1. The minimum absolute atomic E-state index is 0.00366. The van der Waals surface area contributed by atoms with E-state index in [2.05, 4.69) is 4.90 Å². The average Bonchev–Trinajstić information content (AvgIpc) is 3.13. The Labute approximate surface area is 164 Å². The Hall–Kier alpha value is -2.53. The van der Waals surface area contributed by atoms with Gasteiger partial charge in [0, 0.05) is 49.9 Å². The van der Waals surface area contributed by atoms with Gasteiger partial charge in [0.1, 0.15) is 0 Å². The number of para-hydroxylation sites is 1. The molecule has 0 unspecified atom stereocenters. The fourth-order valence-corrected chi connectivity index (χ4v) is 3.99. The summed E-state index contributed by atoms with van der Waals surface area (Å²) >= 11 is 6.09. The molecule has 140 valence electrons. The molecule has 0 saturated carbocycles. The van der Waals surface area contributed by atoms with Gasteiger partial charge in [0.15, 0.2) is 0 Å². The second-order valence-electron chi connectivity index (χ2n) is 6.93. The van der Waals surface area contributed by atoms with Crippen LogP contribution in [0.15, 0.2) is 48.5 Å². The standard InChI is InChI=1S/C21H22ClN3O2/c22-16-5-3-6-17(15-16)23-11-13-24(14-12-23)21(27)18-7-1-2-8-19(18)25-10-4-9-20(25)26/h1-3,5-8,15H,4,9-14H2. The van der Waals surface area contributed by atoms with Crippen molar-refractivity contribution in [3.05, 3.63) is 59.1 Å². The third-order valence-electron chi connectivity index (χ3n) is 5.24. The maximum atomic E-state index is 13.1. The first-order chi connectivity index (χ1) is 13.1. The highest BCUT2D eigenvalue weighted by Crippen LogP contribution is 2.27. The summed E-state index contributed by atoms with van der Waals surface area (Å²) in [6, 6.07) is 15.2. The summed E-state index contributed by atoms with van der Waals surface area (Å²) in [7, 11) is 0. The summed E-state index contributed by atoms with van der Waals surface area (Å²) in [4.78, 5) is 31.1. The summed E-state index contributed by atoms with van der Waals surface area (Å²) in [5.74, 6) is 0.0945. The minimum Gasteiger partial charge on any atom is -0.368 e. The Morgan fingerprint density at radius 1 is 0.926 bits per heavy atom. The van der Waals surface area contributed by atoms with Gasteiger partial charge in [-0.1, -0.05) is 29.8 Å². The molecule has 0 aromatic heterocycles. The van der Waals surface area contributed by atoms with Crippen LogP contribution in [0.1, 0.15) is 23.2 Å². The Morgan fingerprint density at radius 3 is 2.41 bits per heavy atom. The number of carbonyl (C=O) groups excluding carboxylic acids is 2. The zero-order valence-corrected chi connectivity index (χ0v) is 15.9. The molecule has 0 spiro atoms. The molecule has 2 aromatic carbocycles. The van der Waals surface area contributed by atoms with E-state index in [0.717, 1.165) is 35.9 Å². The second-order valence-corrected chi connectivity index (χ2v) is 7.36. The van der Waals surface area contributed by atoms with Crippen LogP contribution in [-0.2, 0) is 4.79 Å². The lowest BCUT2D eigenvalue weighted by Gasteiger charge is -2.36. The molecule has 2 aliphatic rings. The molecule has 27 heavy (non-hydrogen) atoms. The van der Waals surface area contributed by atoms with Gasteiger partial charge in [-0.25, -0.2) is 0 Å². The largest absolute Gasteiger partial charge is 0.368 e. The normalized spacial score (nSPS) is 17.5. The molecule has 0 bridgehead atoms. The Kier molecular flexibility index (Phi) is 5.03. The number of piperazine rings is 1. The first kappa shape index (κ1) is 17.9. The maximum Gasteiger partial charge on any atom is 0.256 e. The van der Waals surface area contributed by atoms with E-state index in [1.165, 1.54) is 0 Å². The van der Waals surface area contributed by atoms with Gasteiger partial charge in [-0.3, -0.25) is 9.59 Å².